The summed E-state index contributed by atoms with van der Waals surface area (Å²) in [6.07, 6.45) is 3.17. The Labute approximate surface area is 102 Å². The standard InChI is InChI=1S/C13H20N2S/c1-9(8-16-2)15-13-7-12(14)10-5-3-4-6-11(10)13/h3-6,9,12-13,15H,7-8,14H2,1-2H3. The Kier molecular flexibility index (Phi) is 3.90. The van der Waals surface area contributed by atoms with Crippen LogP contribution in [0.5, 0.6) is 0 Å². The predicted octanol–water partition coefficient (Wildman–Crippen LogP) is 2.47. The Morgan fingerprint density at radius 1 is 1.44 bits per heavy atom. The van der Waals surface area contributed by atoms with Gasteiger partial charge in [0.1, 0.15) is 0 Å². The fourth-order valence-corrected chi connectivity index (χ4v) is 3.07. The third-order valence-corrected chi connectivity index (χ3v) is 4.00. The highest BCUT2D eigenvalue weighted by atomic mass is 32.2. The summed E-state index contributed by atoms with van der Waals surface area (Å²) in [5.74, 6) is 1.15. The first-order chi connectivity index (χ1) is 7.72. The zero-order valence-corrected chi connectivity index (χ0v) is 10.8. The van der Waals surface area contributed by atoms with E-state index in [4.69, 9.17) is 5.73 Å². The zero-order chi connectivity index (χ0) is 11.5. The van der Waals surface area contributed by atoms with Crippen LogP contribution in [0.2, 0.25) is 0 Å². The predicted molar refractivity (Wildman–Crippen MR) is 71.7 cm³/mol. The van der Waals surface area contributed by atoms with Crippen LogP contribution in [0, 0.1) is 0 Å². The van der Waals surface area contributed by atoms with Crippen molar-refractivity contribution in [1.82, 2.24) is 5.32 Å². The van der Waals surface area contributed by atoms with Gasteiger partial charge in [-0.2, -0.15) is 11.8 Å². The van der Waals surface area contributed by atoms with Gasteiger partial charge in [-0.1, -0.05) is 24.3 Å². The Morgan fingerprint density at radius 2 is 2.12 bits per heavy atom. The largest absolute Gasteiger partial charge is 0.324 e. The molecular weight excluding hydrogens is 216 g/mol. The summed E-state index contributed by atoms with van der Waals surface area (Å²) in [5.41, 5.74) is 8.85. The highest BCUT2D eigenvalue weighted by molar-refractivity contribution is 7.98. The van der Waals surface area contributed by atoms with E-state index in [1.54, 1.807) is 0 Å². The lowest BCUT2D eigenvalue weighted by molar-refractivity contribution is 0.458. The van der Waals surface area contributed by atoms with Gasteiger partial charge in [-0.15, -0.1) is 0 Å². The number of rotatable bonds is 4. The first-order valence-electron chi connectivity index (χ1n) is 5.81. The maximum atomic E-state index is 6.14. The first-order valence-corrected chi connectivity index (χ1v) is 7.21. The van der Waals surface area contributed by atoms with E-state index < -0.39 is 0 Å². The molecule has 0 saturated heterocycles. The van der Waals surface area contributed by atoms with Crippen molar-refractivity contribution in [1.29, 1.82) is 0 Å². The second-order valence-electron chi connectivity index (χ2n) is 4.55. The van der Waals surface area contributed by atoms with Gasteiger partial charge >= 0.3 is 0 Å². The highest BCUT2D eigenvalue weighted by Gasteiger charge is 2.28. The molecule has 1 aliphatic carbocycles. The van der Waals surface area contributed by atoms with Gasteiger partial charge in [-0.3, -0.25) is 0 Å². The molecule has 0 radical (unpaired) electrons. The molecule has 0 bridgehead atoms. The topological polar surface area (TPSA) is 38.0 Å². The zero-order valence-electron chi connectivity index (χ0n) is 9.94. The number of nitrogens with two attached hydrogens (primary N) is 1. The van der Waals surface area contributed by atoms with E-state index in [2.05, 4.69) is 42.8 Å². The van der Waals surface area contributed by atoms with Gasteiger partial charge in [0.15, 0.2) is 0 Å². The maximum Gasteiger partial charge on any atom is 0.0344 e. The van der Waals surface area contributed by atoms with Crippen LogP contribution in [0.3, 0.4) is 0 Å². The van der Waals surface area contributed by atoms with E-state index >= 15 is 0 Å². The Balaban J connectivity index is 2.09. The summed E-state index contributed by atoms with van der Waals surface area (Å²) < 4.78 is 0. The van der Waals surface area contributed by atoms with Crippen LogP contribution in [0.25, 0.3) is 0 Å². The molecule has 0 amide bonds. The molecule has 88 valence electrons. The van der Waals surface area contributed by atoms with Crippen LogP contribution in [0.4, 0.5) is 0 Å². The van der Waals surface area contributed by atoms with Crippen LogP contribution in [0.15, 0.2) is 24.3 Å². The average Bonchev–Trinajstić information content (AvgIpc) is 2.57. The molecule has 3 unspecified atom stereocenters. The molecular formula is C13H20N2S. The number of thioether (sulfide) groups is 1. The van der Waals surface area contributed by atoms with Crippen molar-refractivity contribution in [3.63, 3.8) is 0 Å². The molecule has 16 heavy (non-hydrogen) atoms. The van der Waals surface area contributed by atoms with E-state index in [0.717, 1.165) is 12.2 Å². The molecule has 1 aromatic rings. The van der Waals surface area contributed by atoms with Gasteiger partial charge in [-0.05, 0) is 30.7 Å². The van der Waals surface area contributed by atoms with E-state index in [9.17, 15) is 0 Å². The molecule has 1 aliphatic rings. The fraction of sp³-hybridized carbons (Fsp3) is 0.538. The van der Waals surface area contributed by atoms with Crippen molar-refractivity contribution in [2.24, 2.45) is 5.73 Å². The summed E-state index contributed by atoms with van der Waals surface area (Å²) in [6.45, 7) is 2.24. The number of hydrogen-bond acceptors (Lipinski definition) is 3. The molecule has 3 N–H and O–H groups in total. The van der Waals surface area contributed by atoms with Crippen LogP contribution in [-0.2, 0) is 0 Å². The summed E-state index contributed by atoms with van der Waals surface area (Å²) in [6, 6.07) is 9.71. The minimum absolute atomic E-state index is 0.204. The molecule has 0 heterocycles. The smallest absolute Gasteiger partial charge is 0.0344 e. The van der Waals surface area contributed by atoms with Crippen LogP contribution < -0.4 is 11.1 Å². The maximum absolute atomic E-state index is 6.14. The lowest BCUT2D eigenvalue weighted by atomic mass is 10.1. The van der Waals surface area contributed by atoms with Gasteiger partial charge < -0.3 is 11.1 Å². The fourth-order valence-electron chi connectivity index (χ4n) is 2.47. The monoisotopic (exact) mass is 236 g/mol. The Hall–Kier alpha value is -0.510. The van der Waals surface area contributed by atoms with Crippen LogP contribution in [0.1, 0.15) is 36.6 Å². The van der Waals surface area contributed by atoms with Crippen molar-refractivity contribution in [2.75, 3.05) is 12.0 Å². The van der Waals surface area contributed by atoms with E-state index in [1.807, 2.05) is 11.8 Å². The summed E-state index contributed by atoms with van der Waals surface area (Å²) >= 11 is 1.88. The van der Waals surface area contributed by atoms with E-state index in [1.165, 1.54) is 11.1 Å². The minimum atomic E-state index is 0.204. The van der Waals surface area contributed by atoms with Crippen molar-refractivity contribution in [3.8, 4) is 0 Å². The minimum Gasteiger partial charge on any atom is -0.324 e. The SMILES string of the molecule is CSCC(C)NC1CC(N)c2ccccc21. The summed E-state index contributed by atoms with van der Waals surface area (Å²) in [4.78, 5) is 0. The molecule has 2 nitrogen and oxygen atoms in total. The van der Waals surface area contributed by atoms with E-state index in [-0.39, 0.29) is 6.04 Å². The van der Waals surface area contributed by atoms with Crippen molar-refractivity contribution >= 4 is 11.8 Å². The molecule has 2 rings (SSSR count). The quantitative estimate of drug-likeness (QED) is 0.843. The number of nitrogens with one attached hydrogen (secondary N) is 1. The van der Waals surface area contributed by atoms with E-state index in [0.29, 0.717) is 12.1 Å². The number of fused-ring (bicyclic) bond motifs is 1. The van der Waals surface area contributed by atoms with Gasteiger partial charge in [-0.25, -0.2) is 0 Å². The lowest BCUT2D eigenvalue weighted by Gasteiger charge is -2.19. The molecule has 0 aliphatic heterocycles. The highest BCUT2D eigenvalue weighted by Crippen LogP contribution is 2.37. The first kappa shape index (κ1) is 12.0. The Bertz CT molecular complexity index is 354. The Morgan fingerprint density at radius 3 is 2.81 bits per heavy atom. The molecule has 0 saturated carbocycles. The second-order valence-corrected chi connectivity index (χ2v) is 5.46. The van der Waals surface area contributed by atoms with Crippen molar-refractivity contribution < 1.29 is 0 Å². The van der Waals surface area contributed by atoms with Gasteiger partial charge in [0, 0.05) is 23.9 Å². The number of benzene rings is 1. The molecule has 1 aromatic carbocycles. The average molecular weight is 236 g/mol. The number of hydrogen-bond donors (Lipinski definition) is 2. The summed E-state index contributed by atoms with van der Waals surface area (Å²) in [5, 5.41) is 3.67. The third kappa shape index (κ3) is 2.42. The van der Waals surface area contributed by atoms with Gasteiger partial charge in [0.05, 0.1) is 0 Å². The van der Waals surface area contributed by atoms with Crippen LogP contribution in [-0.4, -0.2) is 18.1 Å². The van der Waals surface area contributed by atoms with Gasteiger partial charge in [0.2, 0.25) is 0 Å². The summed E-state index contributed by atoms with van der Waals surface area (Å²) in [7, 11) is 0. The molecule has 0 fully saturated rings. The molecule has 3 atom stereocenters. The molecule has 0 spiro atoms. The lowest BCUT2D eigenvalue weighted by Crippen LogP contribution is -2.31. The van der Waals surface area contributed by atoms with Gasteiger partial charge in [0.25, 0.3) is 0 Å². The molecule has 0 aromatic heterocycles. The third-order valence-electron chi connectivity index (χ3n) is 3.16. The van der Waals surface area contributed by atoms with Crippen molar-refractivity contribution in [2.45, 2.75) is 31.5 Å². The van der Waals surface area contributed by atoms with Crippen LogP contribution >= 0.6 is 11.8 Å². The normalized spacial score (nSPS) is 25.4. The second kappa shape index (κ2) is 5.21. The molecule has 3 heteroatoms. The van der Waals surface area contributed by atoms with Crippen molar-refractivity contribution in [3.05, 3.63) is 35.4 Å².